The molecule has 3 aromatic rings. The molecule has 2 heterocycles. The van der Waals surface area contributed by atoms with Gasteiger partial charge in [0.15, 0.2) is 5.82 Å². The second-order valence-corrected chi connectivity index (χ2v) is 4.76. The highest BCUT2D eigenvalue weighted by atomic mass is 16.3. The van der Waals surface area contributed by atoms with E-state index in [2.05, 4.69) is 37.7 Å². The summed E-state index contributed by atoms with van der Waals surface area (Å²) in [4.78, 5) is 8.61. The number of para-hydroxylation sites is 2. The molecule has 6 nitrogen and oxygen atoms in total. The molecule has 0 radical (unpaired) electrons. The van der Waals surface area contributed by atoms with Gasteiger partial charge in [0.2, 0.25) is 0 Å². The van der Waals surface area contributed by atoms with Crippen LogP contribution in [0, 0.1) is 0 Å². The topological polar surface area (TPSA) is 79.6 Å². The lowest BCUT2D eigenvalue weighted by atomic mass is 10.2. The predicted molar refractivity (Wildman–Crippen MR) is 75.1 cm³/mol. The third-order valence-corrected chi connectivity index (χ3v) is 3.31. The summed E-state index contributed by atoms with van der Waals surface area (Å²) in [5.41, 5.74) is 2.06. The van der Waals surface area contributed by atoms with Crippen LogP contribution in [0.4, 0.5) is 0 Å². The van der Waals surface area contributed by atoms with Crippen molar-refractivity contribution in [3.05, 3.63) is 42.2 Å². The number of H-pyrrole nitrogens is 1. The van der Waals surface area contributed by atoms with Crippen LogP contribution in [0.15, 0.2) is 30.6 Å². The Kier molecular flexibility index (Phi) is 3.47. The number of nitrogens with one attached hydrogen (secondary N) is 1. The summed E-state index contributed by atoms with van der Waals surface area (Å²) in [5, 5.41) is 16.7. The summed E-state index contributed by atoms with van der Waals surface area (Å²) in [6.07, 6.45) is 2.12. The summed E-state index contributed by atoms with van der Waals surface area (Å²) in [7, 11) is 0. The number of rotatable bonds is 5. The van der Waals surface area contributed by atoms with Crippen molar-refractivity contribution in [1.29, 1.82) is 0 Å². The summed E-state index contributed by atoms with van der Waals surface area (Å²) in [6.45, 7) is 3.02. The molecular formula is C14H17N5O. The number of hydrogen-bond acceptors (Lipinski definition) is 4. The fraction of sp³-hybridized carbons (Fsp3) is 0.357. The Morgan fingerprint density at radius 1 is 1.35 bits per heavy atom. The van der Waals surface area contributed by atoms with Crippen molar-refractivity contribution in [2.75, 3.05) is 0 Å². The maximum absolute atomic E-state index is 10.2. The minimum atomic E-state index is -0.718. The maximum atomic E-state index is 10.2. The zero-order chi connectivity index (χ0) is 13.9. The number of aliphatic hydroxyl groups is 1. The molecule has 104 valence electrons. The van der Waals surface area contributed by atoms with Crippen LogP contribution in [0.5, 0.6) is 0 Å². The van der Waals surface area contributed by atoms with Crippen LogP contribution in [-0.2, 0) is 13.0 Å². The molecule has 0 fully saturated rings. The van der Waals surface area contributed by atoms with Crippen molar-refractivity contribution in [1.82, 2.24) is 24.7 Å². The molecule has 0 spiro atoms. The van der Waals surface area contributed by atoms with E-state index in [1.807, 2.05) is 18.2 Å². The molecule has 1 aromatic carbocycles. The molecule has 3 rings (SSSR count). The minimum absolute atomic E-state index is 0.421. The normalized spacial score (nSPS) is 12.9. The molecule has 6 heteroatoms. The fourth-order valence-electron chi connectivity index (χ4n) is 2.40. The number of imidazole rings is 1. The first-order chi connectivity index (χ1) is 9.79. The summed E-state index contributed by atoms with van der Waals surface area (Å²) in [6, 6.07) is 8.03. The van der Waals surface area contributed by atoms with Crippen LogP contribution in [0.1, 0.15) is 31.1 Å². The van der Waals surface area contributed by atoms with Gasteiger partial charge in [0.25, 0.3) is 0 Å². The first-order valence-electron chi connectivity index (χ1n) is 6.77. The summed E-state index contributed by atoms with van der Waals surface area (Å²) < 4.78 is 2.16. The highest BCUT2D eigenvalue weighted by Gasteiger charge is 2.17. The maximum Gasteiger partial charge on any atom is 0.153 e. The highest BCUT2D eigenvalue weighted by molar-refractivity contribution is 5.75. The minimum Gasteiger partial charge on any atom is -0.385 e. The van der Waals surface area contributed by atoms with Gasteiger partial charge in [-0.1, -0.05) is 19.1 Å². The van der Waals surface area contributed by atoms with Gasteiger partial charge in [-0.15, -0.1) is 0 Å². The molecule has 2 aromatic heterocycles. The second kappa shape index (κ2) is 5.42. The standard InChI is InChI=1S/C14H17N5O/c1-2-7-19-11-6-4-3-5-10(11)17-13(19)8-12(20)14-15-9-16-18-14/h3-6,9,12,20H,2,7-8H2,1H3,(H,15,16,18). The van der Waals surface area contributed by atoms with E-state index < -0.39 is 6.10 Å². The zero-order valence-corrected chi connectivity index (χ0v) is 11.3. The molecule has 0 amide bonds. The molecule has 0 aliphatic carbocycles. The van der Waals surface area contributed by atoms with E-state index in [9.17, 15) is 5.11 Å². The van der Waals surface area contributed by atoms with Crippen molar-refractivity contribution in [2.24, 2.45) is 0 Å². The van der Waals surface area contributed by atoms with Crippen LogP contribution < -0.4 is 0 Å². The first kappa shape index (κ1) is 12.8. The van der Waals surface area contributed by atoms with E-state index >= 15 is 0 Å². The average Bonchev–Trinajstić information content (AvgIpc) is 3.08. The van der Waals surface area contributed by atoms with Gasteiger partial charge in [0.05, 0.1) is 11.0 Å². The van der Waals surface area contributed by atoms with Gasteiger partial charge in [-0.05, 0) is 18.6 Å². The Morgan fingerprint density at radius 2 is 2.20 bits per heavy atom. The Labute approximate surface area is 116 Å². The summed E-state index contributed by atoms with van der Waals surface area (Å²) >= 11 is 0. The molecule has 0 saturated heterocycles. The number of aromatic nitrogens is 5. The Balaban J connectivity index is 1.96. The SMILES string of the molecule is CCCn1c(CC(O)c2ncn[nH]2)nc2ccccc21. The van der Waals surface area contributed by atoms with E-state index in [4.69, 9.17) is 0 Å². The van der Waals surface area contributed by atoms with Crippen LogP contribution in [0.2, 0.25) is 0 Å². The predicted octanol–water partition coefficient (Wildman–Crippen LogP) is 1.84. The van der Waals surface area contributed by atoms with Crippen molar-refractivity contribution in [2.45, 2.75) is 32.4 Å². The largest absolute Gasteiger partial charge is 0.385 e. The van der Waals surface area contributed by atoms with E-state index in [1.165, 1.54) is 6.33 Å². The van der Waals surface area contributed by atoms with Crippen molar-refractivity contribution in [3.8, 4) is 0 Å². The van der Waals surface area contributed by atoms with Gasteiger partial charge in [-0.3, -0.25) is 5.10 Å². The Hall–Kier alpha value is -2.21. The smallest absolute Gasteiger partial charge is 0.153 e. The van der Waals surface area contributed by atoms with Gasteiger partial charge >= 0.3 is 0 Å². The fourth-order valence-corrected chi connectivity index (χ4v) is 2.40. The third-order valence-electron chi connectivity index (χ3n) is 3.31. The number of nitrogens with zero attached hydrogens (tertiary/aromatic N) is 4. The molecule has 0 saturated carbocycles. The monoisotopic (exact) mass is 271 g/mol. The van der Waals surface area contributed by atoms with Crippen LogP contribution >= 0.6 is 0 Å². The first-order valence-corrected chi connectivity index (χ1v) is 6.77. The summed E-state index contributed by atoms with van der Waals surface area (Å²) in [5.74, 6) is 1.34. The van der Waals surface area contributed by atoms with Gasteiger partial charge in [0, 0.05) is 13.0 Å². The number of hydrogen-bond donors (Lipinski definition) is 2. The molecule has 0 aliphatic rings. The van der Waals surface area contributed by atoms with E-state index in [1.54, 1.807) is 0 Å². The number of aromatic amines is 1. The number of fused-ring (bicyclic) bond motifs is 1. The zero-order valence-electron chi connectivity index (χ0n) is 11.3. The second-order valence-electron chi connectivity index (χ2n) is 4.76. The average molecular weight is 271 g/mol. The van der Waals surface area contributed by atoms with E-state index in [-0.39, 0.29) is 0 Å². The number of aryl methyl sites for hydroxylation is 1. The molecule has 20 heavy (non-hydrogen) atoms. The molecule has 1 atom stereocenters. The lowest BCUT2D eigenvalue weighted by molar-refractivity contribution is 0.165. The van der Waals surface area contributed by atoms with Crippen molar-refractivity contribution in [3.63, 3.8) is 0 Å². The molecule has 0 bridgehead atoms. The Morgan fingerprint density at radius 3 is 2.95 bits per heavy atom. The quantitative estimate of drug-likeness (QED) is 0.742. The lowest BCUT2D eigenvalue weighted by Crippen LogP contribution is -2.10. The van der Waals surface area contributed by atoms with E-state index in [0.717, 1.165) is 29.8 Å². The van der Waals surface area contributed by atoms with Gasteiger partial charge in [0.1, 0.15) is 18.3 Å². The van der Waals surface area contributed by atoms with Gasteiger partial charge in [-0.25, -0.2) is 9.97 Å². The van der Waals surface area contributed by atoms with Crippen LogP contribution in [0.3, 0.4) is 0 Å². The Bertz CT molecular complexity index is 689. The molecule has 0 aliphatic heterocycles. The van der Waals surface area contributed by atoms with Crippen LogP contribution in [-0.4, -0.2) is 29.8 Å². The van der Waals surface area contributed by atoms with Crippen molar-refractivity contribution >= 4 is 11.0 Å². The number of aliphatic hydroxyl groups excluding tert-OH is 1. The van der Waals surface area contributed by atoms with Crippen LogP contribution in [0.25, 0.3) is 11.0 Å². The van der Waals surface area contributed by atoms with Gasteiger partial charge < -0.3 is 9.67 Å². The highest BCUT2D eigenvalue weighted by Crippen LogP contribution is 2.20. The molecule has 1 unspecified atom stereocenters. The third kappa shape index (κ3) is 2.30. The van der Waals surface area contributed by atoms with Gasteiger partial charge in [-0.2, -0.15) is 5.10 Å². The lowest BCUT2D eigenvalue weighted by Gasteiger charge is -2.10. The van der Waals surface area contributed by atoms with E-state index in [0.29, 0.717) is 12.2 Å². The number of benzene rings is 1. The molecular weight excluding hydrogens is 254 g/mol. The molecule has 2 N–H and O–H groups in total. The van der Waals surface area contributed by atoms with Crippen molar-refractivity contribution < 1.29 is 5.11 Å².